The third-order valence-corrected chi connectivity index (χ3v) is 5.35. The minimum absolute atomic E-state index is 0.0324. The number of nitrogens with one attached hydrogen (secondary N) is 1. The number of hydrogen-bond acceptors (Lipinski definition) is 6. The van der Waals surface area contributed by atoms with Crippen LogP contribution < -0.4 is 19.5 Å². The Morgan fingerprint density at radius 3 is 2.76 bits per heavy atom. The zero-order valence-electron chi connectivity index (χ0n) is 16.3. The van der Waals surface area contributed by atoms with Crippen LogP contribution in [0, 0.1) is 5.92 Å². The Morgan fingerprint density at radius 1 is 1.28 bits per heavy atom. The van der Waals surface area contributed by atoms with E-state index in [1.165, 1.54) is 0 Å². The van der Waals surface area contributed by atoms with Crippen LogP contribution >= 0.6 is 11.6 Å². The summed E-state index contributed by atoms with van der Waals surface area (Å²) in [6, 6.07) is 5.54. The van der Waals surface area contributed by atoms with E-state index in [-0.39, 0.29) is 17.9 Å². The predicted molar refractivity (Wildman–Crippen MR) is 108 cm³/mol. The molecule has 1 saturated heterocycles. The smallest absolute Gasteiger partial charge is 0.242 e. The van der Waals surface area contributed by atoms with Gasteiger partial charge in [0.15, 0.2) is 11.5 Å². The van der Waals surface area contributed by atoms with Crippen LogP contribution in [0.15, 0.2) is 30.6 Å². The van der Waals surface area contributed by atoms with Crippen LogP contribution in [0.25, 0.3) is 16.8 Å². The van der Waals surface area contributed by atoms with Gasteiger partial charge in [0.05, 0.1) is 37.3 Å². The molecule has 2 atom stereocenters. The van der Waals surface area contributed by atoms with Gasteiger partial charge in [-0.2, -0.15) is 5.10 Å². The van der Waals surface area contributed by atoms with Crippen molar-refractivity contribution >= 4 is 23.0 Å². The maximum atomic E-state index is 11.5. The molecule has 2 unspecified atom stereocenters. The van der Waals surface area contributed by atoms with Gasteiger partial charge in [-0.15, -0.1) is 0 Å². The van der Waals surface area contributed by atoms with E-state index < -0.39 is 0 Å². The lowest BCUT2D eigenvalue weighted by atomic mass is 10.0. The van der Waals surface area contributed by atoms with Crippen LogP contribution in [-0.2, 0) is 4.79 Å². The highest BCUT2D eigenvalue weighted by atomic mass is 35.5. The van der Waals surface area contributed by atoms with Crippen molar-refractivity contribution < 1.29 is 19.0 Å². The molecule has 1 amide bonds. The molecule has 3 heterocycles. The first kappa shape index (κ1) is 19.3. The molecule has 1 aliphatic heterocycles. The fourth-order valence-electron chi connectivity index (χ4n) is 3.39. The van der Waals surface area contributed by atoms with Crippen molar-refractivity contribution in [2.45, 2.75) is 19.4 Å². The van der Waals surface area contributed by atoms with Gasteiger partial charge in [-0.05, 0) is 25.1 Å². The summed E-state index contributed by atoms with van der Waals surface area (Å²) in [7, 11) is 3.17. The Hall–Kier alpha value is -3.00. The van der Waals surface area contributed by atoms with Crippen LogP contribution in [0.5, 0.6) is 17.4 Å². The predicted octanol–water partition coefficient (Wildman–Crippen LogP) is 2.97. The minimum atomic E-state index is -0.225. The minimum Gasteiger partial charge on any atom is -0.493 e. The van der Waals surface area contributed by atoms with Gasteiger partial charge >= 0.3 is 0 Å². The van der Waals surface area contributed by atoms with Gasteiger partial charge in [-0.1, -0.05) is 11.6 Å². The second-order valence-electron chi connectivity index (χ2n) is 6.88. The first-order valence-corrected chi connectivity index (χ1v) is 9.57. The van der Waals surface area contributed by atoms with Gasteiger partial charge in [0.25, 0.3) is 0 Å². The van der Waals surface area contributed by atoms with Gasteiger partial charge < -0.3 is 19.5 Å². The lowest BCUT2D eigenvalue weighted by Crippen LogP contribution is -2.26. The van der Waals surface area contributed by atoms with Crippen molar-refractivity contribution in [2.24, 2.45) is 5.92 Å². The summed E-state index contributed by atoms with van der Waals surface area (Å²) in [5.74, 6) is 1.69. The van der Waals surface area contributed by atoms with E-state index in [4.69, 9.17) is 30.8 Å². The number of halogens is 1. The molecular formula is C20H21ClN4O4. The van der Waals surface area contributed by atoms with Gasteiger partial charge in [-0.25, -0.2) is 9.50 Å². The van der Waals surface area contributed by atoms with Crippen LogP contribution in [-0.4, -0.2) is 47.4 Å². The summed E-state index contributed by atoms with van der Waals surface area (Å²) in [6.07, 6.45) is 3.53. The highest BCUT2D eigenvalue weighted by Crippen LogP contribution is 2.34. The molecule has 1 N–H and O–H groups in total. The number of ether oxygens (including phenoxy) is 3. The van der Waals surface area contributed by atoms with Crippen molar-refractivity contribution in [3.8, 4) is 28.6 Å². The number of fused-ring (bicyclic) bond motifs is 1. The van der Waals surface area contributed by atoms with E-state index in [0.717, 1.165) is 5.56 Å². The van der Waals surface area contributed by atoms with Crippen molar-refractivity contribution in [1.29, 1.82) is 0 Å². The fourth-order valence-corrected chi connectivity index (χ4v) is 3.61. The Kier molecular flexibility index (Phi) is 5.19. The van der Waals surface area contributed by atoms with E-state index in [9.17, 15) is 4.79 Å². The largest absolute Gasteiger partial charge is 0.493 e. The summed E-state index contributed by atoms with van der Waals surface area (Å²) < 4.78 is 18.5. The second kappa shape index (κ2) is 7.79. The number of rotatable bonds is 6. The number of benzene rings is 1. The molecule has 0 bridgehead atoms. The average Bonchev–Trinajstić information content (AvgIpc) is 3.33. The first-order chi connectivity index (χ1) is 14.0. The van der Waals surface area contributed by atoms with Crippen LogP contribution in [0.2, 0.25) is 5.02 Å². The number of hydrogen-bond donors (Lipinski definition) is 1. The van der Waals surface area contributed by atoms with Crippen LogP contribution in [0.1, 0.15) is 13.3 Å². The Morgan fingerprint density at radius 2 is 2.07 bits per heavy atom. The molecule has 2 aromatic heterocycles. The Labute approximate surface area is 172 Å². The van der Waals surface area contributed by atoms with Crippen LogP contribution in [0.3, 0.4) is 0 Å². The lowest BCUT2D eigenvalue weighted by molar-refractivity contribution is -0.119. The maximum absolute atomic E-state index is 11.5. The van der Waals surface area contributed by atoms with Crippen molar-refractivity contribution in [3.05, 3.63) is 35.6 Å². The normalized spacial score (nSPS) is 17.2. The average molecular weight is 417 g/mol. The highest BCUT2D eigenvalue weighted by Gasteiger charge is 2.29. The summed E-state index contributed by atoms with van der Waals surface area (Å²) in [6.45, 7) is 2.51. The molecule has 8 nitrogen and oxygen atoms in total. The standard InChI is InChI=1S/C20H21ClN4O4/c1-11(13-7-18(26)22-8-13)29-20-19-14(21)9-23-25(19)10-15(24-20)12-4-5-16(27-2)17(6-12)28-3/h4-6,9-11,13H,7-8H2,1-3H3,(H,22,26). The molecule has 3 aromatic rings. The van der Waals surface area contributed by atoms with Crippen molar-refractivity contribution in [1.82, 2.24) is 19.9 Å². The molecule has 4 rings (SSSR count). The monoisotopic (exact) mass is 416 g/mol. The maximum Gasteiger partial charge on any atom is 0.242 e. The van der Waals surface area contributed by atoms with Gasteiger partial charge in [0.2, 0.25) is 11.8 Å². The third-order valence-electron chi connectivity index (χ3n) is 5.07. The van der Waals surface area contributed by atoms with E-state index in [0.29, 0.717) is 46.6 Å². The first-order valence-electron chi connectivity index (χ1n) is 9.19. The van der Waals surface area contributed by atoms with Crippen molar-refractivity contribution in [2.75, 3.05) is 20.8 Å². The molecular weight excluding hydrogens is 396 g/mol. The van der Waals surface area contributed by atoms with E-state index >= 15 is 0 Å². The third kappa shape index (κ3) is 3.67. The fraction of sp³-hybridized carbons (Fsp3) is 0.350. The van der Waals surface area contributed by atoms with E-state index in [1.54, 1.807) is 31.1 Å². The summed E-state index contributed by atoms with van der Waals surface area (Å²) in [5, 5.41) is 7.58. The molecule has 1 fully saturated rings. The Bertz CT molecular complexity index is 1070. The number of nitrogens with zero attached hydrogens (tertiary/aromatic N) is 3. The van der Waals surface area contributed by atoms with Gasteiger partial charge in [0.1, 0.15) is 11.6 Å². The molecule has 0 spiro atoms. The Balaban J connectivity index is 1.74. The topological polar surface area (TPSA) is 87.0 Å². The molecule has 0 aliphatic carbocycles. The molecule has 9 heteroatoms. The quantitative estimate of drug-likeness (QED) is 0.664. The SMILES string of the molecule is COc1ccc(-c2cn3ncc(Cl)c3c(OC(C)C3CNC(=O)C3)n2)cc1OC. The zero-order chi connectivity index (χ0) is 20.5. The molecule has 0 radical (unpaired) electrons. The van der Waals surface area contributed by atoms with Crippen LogP contribution in [0.4, 0.5) is 0 Å². The second-order valence-corrected chi connectivity index (χ2v) is 7.29. The number of carbonyl (C=O) groups excluding carboxylic acids is 1. The molecule has 1 aromatic carbocycles. The number of methoxy groups -OCH3 is 2. The van der Waals surface area contributed by atoms with Gasteiger partial charge in [0, 0.05) is 24.4 Å². The van der Waals surface area contributed by atoms with E-state index in [2.05, 4.69) is 10.4 Å². The summed E-state index contributed by atoms with van der Waals surface area (Å²) in [5.41, 5.74) is 2.03. The van der Waals surface area contributed by atoms with Crippen molar-refractivity contribution in [3.63, 3.8) is 0 Å². The van der Waals surface area contributed by atoms with Gasteiger partial charge in [-0.3, -0.25) is 4.79 Å². The van der Waals surface area contributed by atoms with E-state index in [1.807, 2.05) is 25.1 Å². The summed E-state index contributed by atoms with van der Waals surface area (Å²) >= 11 is 6.32. The number of amides is 1. The lowest BCUT2D eigenvalue weighted by Gasteiger charge is -2.20. The molecule has 1 aliphatic rings. The highest BCUT2D eigenvalue weighted by molar-refractivity contribution is 6.34. The molecule has 0 saturated carbocycles. The molecule has 29 heavy (non-hydrogen) atoms. The number of carbonyl (C=O) groups is 1. The molecule has 152 valence electrons. The summed E-state index contributed by atoms with van der Waals surface area (Å²) in [4.78, 5) is 16.2. The zero-order valence-corrected chi connectivity index (χ0v) is 17.1. The number of aromatic nitrogens is 3.